The molecule has 3 heterocycles. The number of rotatable bonds is 7. The predicted molar refractivity (Wildman–Crippen MR) is 126 cm³/mol. The molecule has 30 heavy (non-hydrogen) atoms. The van der Waals surface area contributed by atoms with Crippen molar-refractivity contribution in [3.63, 3.8) is 0 Å². The third kappa shape index (κ3) is 6.18. The molecule has 0 aliphatic heterocycles. The van der Waals surface area contributed by atoms with Crippen molar-refractivity contribution in [2.45, 2.75) is 64.8 Å². The summed E-state index contributed by atoms with van der Waals surface area (Å²) < 4.78 is 14.2. The lowest BCUT2D eigenvalue weighted by Gasteiger charge is -2.09. The molecule has 1 aliphatic carbocycles. The highest BCUT2D eigenvalue weighted by Gasteiger charge is 2.24. The standard InChI is InChI=1S/C18H19BrN4O2S.2C2H6/c1-24-9-13-6-20-18(26-2)22-17(13)25-10-14-8-23-7-12(11-3-4-11)5-15(19)16(23)21-14;2*1-2/h5-8,11H,3-4,9-10H2,1-2H3;2*1-2H3. The maximum Gasteiger partial charge on any atom is 0.223 e. The first-order chi connectivity index (χ1) is 14.7. The van der Waals surface area contributed by atoms with Crippen molar-refractivity contribution >= 4 is 33.3 Å². The van der Waals surface area contributed by atoms with E-state index in [1.807, 2.05) is 40.1 Å². The Morgan fingerprint density at radius 2 is 1.87 bits per heavy atom. The highest BCUT2D eigenvalue weighted by atomic mass is 79.9. The zero-order chi connectivity index (χ0) is 22.1. The molecule has 1 aliphatic rings. The van der Waals surface area contributed by atoms with Gasteiger partial charge in [0.1, 0.15) is 6.61 Å². The quantitative estimate of drug-likeness (QED) is 0.285. The molecule has 0 unspecified atom stereocenters. The zero-order valence-corrected chi connectivity index (χ0v) is 21.0. The van der Waals surface area contributed by atoms with Crippen molar-refractivity contribution in [2.24, 2.45) is 0 Å². The number of halogens is 1. The Morgan fingerprint density at radius 1 is 1.13 bits per heavy atom. The molecule has 0 saturated heterocycles. The molecule has 0 atom stereocenters. The lowest BCUT2D eigenvalue weighted by Crippen LogP contribution is -2.04. The minimum Gasteiger partial charge on any atom is -0.471 e. The van der Waals surface area contributed by atoms with Gasteiger partial charge in [0.2, 0.25) is 5.88 Å². The average Bonchev–Trinajstić information content (AvgIpc) is 3.56. The molecule has 0 aromatic carbocycles. The number of methoxy groups -OCH3 is 1. The molecule has 0 amide bonds. The number of aromatic nitrogens is 4. The van der Waals surface area contributed by atoms with Gasteiger partial charge in [0, 0.05) is 25.7 Å². The van der Waals surface area contributed by atoms with Crippen LogP contribution in [0.3, 0.4) is 0 Å². The minimum atomic E-state index is 0.342. The second-order valence-corrected chi connectivity index (χ2v) is 7.90. The van der Waals surface area contributed by atoms with Gasteiger partial charge < -0.3 is 13.9 Å². The van der Waals surface area contributed by atoms with Crippen LogP contribution in [0.15, 0.2) is 34.3 Å². The van der Waals surface area contributed by atoms with E-state index in [1.54, 1.807) is 13.3 Å². The number of fused-ring (bicyclic) bond motifs is 1. The summed E-state index contributed by atoms with van der Waals surface area (Å²) in [5.41, 5.74) is 3.94. The molecule has 0 spiro atoms. The van der Waals surface area contributed by atoms with Crippen LogP contribution < -0.4 is 4.74 Å². The fraction of sp³-hybridized carbons (Fsp3) is 0.500. The topological polar surface area (TPSA) is 61.5 Å². The monoisotopic (exact) mass is 494 g/mol. The number of thioether (sulfide) groups is 1. The van der Waals surface area contributed by atoms with Gasteiger partial charge in [0.25, 0.3) is 0 Å². The second kappa shape index (κ2) is 12.3. The molecule has 3 aromatic heterocycles. The Bertz CT molecular complexity index is 944. The third-order valence-corrected chi connectivity index (χ3v) is 5.41. The van der Waals surface area contributed by atoms with Gasteiger partial charge in [-0.05, 0) is 52.6 Å². The van der Waals surface area contributed by atoms with E-state index < -0.39 is 0 Å². The van der Waals surface area contributed by atoms with E-state index in [-0.39, 0.29) is 0 Å². The molecule has 6 nitrogen and oxygen atoms in total. The van der Waals surface area contributed by atoms with Gasteiger partial charge >= 0.3 is 0 Å². The van der Waals surface area contributed by atoms with Crippen LogP contribution in [0.2, 0.25) is 0 Å². The molecule has 164 valence electrons. The maximum atomic E-state index is 5.94. The van der Waals surface area contributed by atoms with Crippen molar-refractivity contribution in [1.82, 2.24) is 19.4 Å². The summed E-state index contributed by atoms with van der Waals surface area (Å²) in [4.78, 5) is 13.4. The van der Waals surface area contributed by atoms with Gasteiger partial charge in [-0.3, -0.25) is 0 Å². The highest BCUT2D eigenvalue weighted by Crippen LogP contribution is 2.41. The number of imidazole rings is 1. The van der Waals surface area contributed by atoms with E-state index in [4.69, 9.17) is 9.47 Å². The zero-order valence-electron chi connectivity index (χ0n) is 18.6. The van der Waals surface area contributed by atoms with Crippen molar-refractivity contribution < 1.29 is 9.47 Å². The van der Waals surface area contributed by atoms with E-state index >= 15 is 0 Å². The summed E-state index contributed by atoms with van der Waals surface area (Å²) in [7, 11) is 1.64. The van der Waals surface area contributed by atoms with Crippen molar-refractivity contribution in [3.05, 3.63) is 46.0 Å². The summed E-state index contributed by atoms with van der Waals surface area (Å²) >= 11 is 5.12. The Hall–Kier alpha value is -1.64. The first-order valence-electron chi connectivity index (χ1n) is 10.4. The van der Waals surface area contributed by atoms with E-state index in [0.717, 1.165) is 21.4 Å². The van der Waals surface area contributed by atoms with Crippen molar-refractivity contribution in [3.8, 4) is 5.88 Å². The molecule has 3 aromatic rings. The predicted octanol–water partition coefficient (Wildman–Crippen LogP) is 6.26. The number of hydrogen-bond donors (Lipinski definition) is 0. The van der Waals surface area contributed by atoms with Gasteiger partial charge in [0.15, 0.2) is 10.8 Å². The molecule has 1 fully saturated rings. The molecule has 8 heteroatoms. The highest BCUT2D eigenvalue weighted by molar-refractivity contribution is 9.10. The molecule has 0 N–H and O–H groups in total. The number of nitrogens with zero attached hydrogens (tertiary/aromatic N) is 4. The van der Waals surface area contributed by atoms with Crippen LogP contribution in [0, 0.1) is 0 Å². The average molecular weight is 495 g/mol. The van der Waals surface area contributed by atoms with E-state index in [0.29, 0.717) is 30.2 Å². The Balaban J connectivity index is 0.000000757. The summed E-state index contributed by atoms with van der Waals surface area (Å²) in [6.07, 6.45) is 10.4. The van der Waals surface area contributed by atoms with Gasteiger partial charge in [-0.2, -0.15) is 4.98 Å². The minimum absolute atomic E-state index is 0.342. The third-order valence-electron chi connectivity index (χ3n) is 4.27. The van der Waals surface area contributed by atoms with E-state index in [9.17, 15) is 0 Å². The Kier molecular flexibility index (Phi) is 10.1. The number of ether oxygens (including phenoxy) is 2. The summed E-state index contributed by atoms with van der Waals surface area (Å²) in [6, 6.07) is 2.18. The first kappa shape index (κ1) is 24.6. The fourth-order valence-electron chi connectivity index (χ4n) is 2.83. The Morgan fingerprint density at radius 3 is 2.50 bits per heavy atom. The van der Waals surface area contributed by atoms with Gasteiger partial charge in [-0.1, -0.05) is 39.5 Å². The second-order valence-electron chi connectivity index (χ2n) is 6.27. The molecule has 1 saturated carbocycles. The lowest BCUT2D eigenvalue weighted by molar-refractivity contribution is 0.176. The Labute approximate surface area is 192 Å². The molecular weight excluding hydrogens is 464 g/mol. The molecule has 0 radical (unpaired) electrons. The van der Waals surface area contributed by atoms with E-state index in [2.05, 4.69) is 47.5 Å². The van der Waals surface area contributed by atoms with Gasteiger partial charge in [-0.25, -0.2) is 9.97 Å². The van der Waals surface area contributed by atoms with Crippen molar-refractivity contribution in [1.29, 1.82) is 0 Å². The van der Waals surface area contributed by atoms with Crippen LogP contribution in [0.1, 0.15) is 63.3 Å². The van der Waals surface area contributed by atoms with Crippen LogP contribution in [-0.2, 0) is 18.0 Å². The molecular formula is C22H31BrN4O2S. The molecule has 4 rings (SSSR count). The van der Waals surface area contributed by atoms with Crippen LogP contribution >= 0.6 is 27.7 Å². The van der Waals surface area contributed by atoms with Gasteiger partial charge in [-0.15, -0.1) is 0 Å². The van der Waals surface area contributed by atoms with Crippen LogP contribution in [0.4, 0.5) is 0 Å². The summed E-state index contributed by atoms with van der Waals surface area (Å²) in [5.74, 6) is 1.24. The SMILES string of the molecule is CC.CC.COCc1cnc(SC)nc1OCc1cn2cc(C3CC3)cc(Br)c2n1. The number of pyridine rings is 1. The van der Waals surface area contributed by atoms with Gasteiger partial charge in [0.05, 0.1) is 22.3 Å². The molecule has 0 bridgehead atoms. The van der Waals surface area contributed by atoms with E-state index in [1.165, 1.54) is 30.2 Å². The number of hydrogen-bond acceptors (Lipinski definition) is 6. The van der Waals surface area contributed by atoms with Crippen LogP contribution in [0.5, 0.6) is 5.88 Å². The largest absolute Gasteiger partial charge is 0.471 e. The fourth-order valence-corrected chi connectivity index (χ4v) is 3.72. The van der Waals surface area contributed by atoms with Crippen molar-refractivity contribution in [2.75, 3.05) is 13.4 Å². The van der Waals surface area contributed by atoms with Crippen LogP contribution in [0.25, 0.3) is 5.65 Å². The smallest absolute Gasteiger partial charge is 0.223 e. The first-order valence-corrected chi connectivity index (χ1v) is 12.4. The van der Waals surface area contributed by atoms with Crippen LogP contribution in [-0.4, -0.2) is 32.7 Å². The normalized spacial score (nSPS) is 12.6. The maximum absolute atomic E-state index is 5.94. The summed E-state index contributed by atoms with van der Waals surface area (Å²) in [5, 5.41) is 0.673. The lowest BCUT2D eigenvalue weighted by atomic mass is 10.2. The summed E-state index contributed by atoms with van der Waals surface area (Å²) in [6.45, 7) is 8.75.